The van der Waals surface area contributed by atoms with Crippen LogP contribution < -0.4 is 0 Å². The molecule has 0 saturated heterocycles. The number of carboxylic acid groups (broad SMARTS) is 1. The molecule has 0 aromatic carbocycles. The van der Waals surface area contributed by atoms with E-state index in [0.29, 0.717) is 5.57 Å². The predicted octanol–water partition coefficient (Wildman–Crippen LogP) is 2.55. The Balaban J connectivity index is 3.83. The molecule has 0 fully saturated rings. The summed E-state index contributed by atoms with van der Waals surface area (Å²) in [6.07, 6.45) is 1.75. The van der Waals surface area contributed by atoms with E-state index in [1.54, 1.807) is 24.8 Å². The summed E-state index contributed by atoms with van der Waals surface area (Å²) in [4.78, 5) is 10.4. The van der Waals surface area contributed by atoms with Crippen molar-refractivity contribution in [3.8, 4) is 0 Å². The lowest BCUT2D eigenvalue weighted by Gasteiger charge is -2.15. The number of carbonyl (C=O) groups is 1. The van der Waals surface area contributed by atoms with Crippen LogP contribution in [0.1, 0.15) is 27.7 Å². The second-order valence-corrected chi connectivity index (χ2v) is 5.46. The van der Waals surface area contributed by atoms with Crippen LogP contribution in [0, 0.1) is 0 Å². The number of hydrogen-bond donors (Lipinski definition) is 1. The highest BCUT2D eigenvalue weighted by molar-refractivity contribution is 8.00. The molecule has 0 unspecified atom stereocenters. The SMILES string of the molecule is CC(=CCSC(C)(C)C)C(=O)O. The van der Waals surface area contributed by atoms with E-state index < -0.39 is 5.97 Å². The highest BCUT2D eigenvalue weighted by Crippen LogP contribution is 2.23. The summed E-state index contributed by atoms with van der Waals surface area (Å²) in [6.45, 7) is 7.95. The minimum atomic E-state index is -0.829. The van der Waals surface area contributed by atoms with Gasteiger partial charge in [-0.1, -0.05) is 26.8 Å². The summed E-state index contributed by atoms with van der Waals surface area (Å²) in [5, 5.41) is 8.53. The molecule has 0 amide bonds. The number of hydrogen-bond acceptors (Lipinski definition) is 2. The maximum absolute atomic E-state index is 10.4. The number of thioether (sulfide) groups is 1. The molecule has 0 aliphatic carbocycles. The molecule has 2 nitrogen and oxygen atoms in total. The van der Waals surface area contributed by atoms with Crippen molar-refractivity contribution < 1.29 is 9.90 Å². The lowest BCUT2D eigenvalue weighted by molar-refractivity contribution is -0.132. The molecule has 70 valence electrons. The molecular formula is C9H16O2S. The first-order chi connectivity index (χ1) is 5.33. The molecule has 0 heterocycles. The molecular weight excluding hydrogens is 172 g/mol. The molecule has 0 aliphatic heterocycles. The quantitative estimate of drug-likeness (QED) is 0.692. The first-order valence-electron chi connectivity index (χ1n) is 3.87. The lowest BCUT2D eigenvalue weighted by atomic mass is 10.3. The van der Waals surface area contributed by atoms with Gasteiger partial charge >= 0.3 is 5.97 Å². The zero-order chi connectivity index (χ0) is 9.78. The Kier molecular flexibility index (Phi) is 4.39. The van der Waals surface area contributed by atoms with Gasteiger partial charge in [-0.3, -0.25) is 0 Å². The molecule has 0 bridgehead atoms. The Labute approximate surface area is 78.0 Å². The minimum Gasteiger partial charge on any atom is -0.478 e. The fourth-order valence-electron chi connectivity index (χ4n) is 0.504. The maximum atomic E-state index is 10.4. The van der Waals surface area contributed by atoms with E-state index in [1.165, 1.54) is 0 Å². The Morgan fingerprint density at radius 2 is 2.00 bits per heavy atom. The van der Waals surface area contributed by atoms with Crippen molar-refractivity contribution in [2.24, 2.45) is 0 Å². The van der Waals surface area contributed by atoms with Gasteiger partial charge < -0.3 is 5.11 Å². The summed E-state index contributed by atoms with van der Waals surface area (Å²) in [6, 6.07) is 0. The fourth-order valence-corrected chi connectivity index (χ4v) is 1.34. The Morgan fingerprint density at radius 1 is 1.50 bits per heavy atom. The van der Waals surface area contributed by atoms with Crippen LogP contribution in [-0.4, -0.2) is 21.6 Å². The average molecular weight is 188 g/mol. The Morgan fingerprint density at radius 3 is 2.33 bits per heavy atom. The molecule has 0 aromatic rings. The molecule has 3 heteroatoms. The normalized spacial score (nSPS) is 13.2. The molecule has 0 saturated carbocycles. The summed E-state index contributed by atoms with van der Waals surface area (Å²) in [5.41, 5.74) is 0.423. The fraction of sp³-hybridized carbons (Fsp3) is 0.667. The second kappa shape index (κ2) is 4.55. The van der Waals surface area contributed by atoms with Gasteiger partial charge in [-0.2, -0.15) is 11.8 Å². The smallest absolute Gasteiger partial charge is 0.330 e. The van der Waals surface area contributed by atoms with Crippen molar-refractivity contribution in [2.45, 2.75) is 32.4 Å². The Bertz CT molecular complexity index is 189. The van der Waals surface area contributed by atoms with Crippen LogP contribution >= 0.6 is 11.8 Å². The van der Waals surface area contributed by atoms with Gasteiger partial charge in [-0.05, 0) is 6.92 Å². The summed E-state index contributed by atoms with van der Waals surface area (Å²) in [7, 11) is 0. The first kappa shape index (κ1) is 11.6. The van der Waals surface area contributed by atoms with Gasteiger partial charge in [-0.15, -0.1) is 0 Å². The van der Waals surface area contributed by atoms with Crippen LogP contribution in [0.3, 0.4) is 0 Å². The molecule has 1 N–H and O–H groups in total. The molecule has 0 spiro atoms. The average Bonchev–Trinajstić information content (AvgIpc) is 1.84. The van der Waals surface area contributed by atoms with Crippen LogP contribution in [0.5, 0.6) is 0 Å². The van der Waals surface area contributed by atoms with Crippen molar-refractivity contribution >= 4 is 17.7 Å². The van der Waals surface area contributed by atoms with E-state index in [1.807, 2.05) is 0 Å². The van der Waals surface area contributed by atoms with E-state index in [9.17, 15) is 4.79 Å². The van der Waals surface area contributed by atoms with Crippen LogP contribution in [0.2, 0.25) is 0 Å². The largest absolute Gasteiger partial charge is 0.478 e. The van der Waals surface area contributed by atoms with Gasteiger partial charge in [0, 0.05) is 16.1 Å². The van der Waals surface area contributed by atoms with E-state index in [2.05, 4.69) is 20.8 Å². The predicted molar refractivity (Wildman–Crippen MR) is 53.6 cm³/mol. The number of carboxylic acids is 1. The molecule has 0 aromatic heterocycles. The van der Waals surface area contributed by atoms with Crippen molar-refractivity contribution in [2.75, 3.05) is 5.75 Å². The molecule has 0 atom stereocenters. The topological polar surface area (TPSA) is 37.3 Å². The molecule has 0 aliphatic rings. The van der Waals surface area contributed by atoms with E-state index >= 15 is 0 Å². The van der Waals surface area contributed by atoms with Crippen molar-refractivity contribution in [3.63, 3.8) is 0 Å². The monoisotopic (exact) mass is 188 g/mol. The molecule has 0 radical (unpaired) electrons. The third-order valence-corrected chi connectivity index (χ3v) is 2.44. The zero-order valence-electron chi connectivity index (χ0n) is 8.05. The van der Waals surface area contributed by atoms with Gasteiger partial charge in [0.2, 0.25) is 0 Å². The third-order valence-electron chi connectivity index (χ3n) is 1.24. The van der Waals surface area contributed by atoms with Crippen LogP contribution in [0.4, 0.5) is 0 Å². The van der Waals surface area contributed by atoms with Crippen molar-refractivity contribution in [1.29, 1.82) is 0 Å². The summed E-state index contributed by atoms with van der Waals surface area (Å²) in [5.74, 6) is -0.0636. The molecule has 0 rings (SSSR count). The first-order valence-corrected chi connectivity index (χ1v) is 4.85. The second-order valence-electron chi connectivity index (χ2n) is 3.62. The molecule has 12 heavy (non-hydrogen) atoms. The standard InChI is InChI=1S/C9H16O2S/c1-7(8(10)11)5-6-12-9(2,3)4/h5H,6H2,1-4H3,(H,10,11). The van der Waals surface area contributed by atoms with Gasteiger partial charge in [-0.25, -0.2) is 4.79 Å². The van der Waals surface area contributed by atoms with Crippen LogP contribution in [-0.2, 0) is 4.79 Å². The van der Waals surface area contributed by atoms with E-state index in [-0.39, 0.29) is 4.75 Å². The lowest BCUT2D eigenvalue weighted by Crippen LogP contribution is -2.08. The van der Waals surface area contributed by atoms with Crippen LogP contribution in [0.25, 0.3) is 0 Å². The summed E-state index contributed by atoms with van der Waals surface area (Å²) >= 11 is 1.74. The highest BCUT2D eigenvalue weighted by atomic mass is 32.2. The van der Waals surface area contributed by atoms with E-state index in [0.717, 1.165) is 5.75 Å². The Hall–Kier alpha value is -0.440. The van der Waals surface area contributed by atoms with Gasteiger partial charge in [0.05, 0.1) is 0 Å². The van der Waals surface area contributed by atoms with E-state index in [4.69, 9.17) is 5.11 Å². The third kappa shape index (κ3) is 6.28. The van der Waals surface area contributed by atoms with Gasteiger partial charge in [0.15, 0.2) is 0 Å². The number of aliphatic carboxylic acids is 1. The van der Waals surface area contributed by atoms with Crippen LogP contribution in [0.15, 0.2) is 11.6 Å². The van der Waals surface area contributed by atoms with Crippen molar-refractivity contribution in [3.05, 3.63) is 11.6 Å². The van der Waals surface area contributed by atoms with Crippen molar-refractivity contribution in [1.82, 2.24) is 0 Å². The zero-order valence-corrected chi connectivity index (χ0v) is 8.86. The number of rotatable bonds is 3. The maximum Gasteiger partial charge on any atom is 0.330 e. The highest BCUT2D eigenvalue weighted by Gasteiger charge is 2.09. The van der Waals surface area contributed by atoms with Gasteiger partial charge in [0.1, 0.15) is 0 Å². The van der Waals surface area contributed by atoms with Gasteiger partial charge in [0.25, 0.3) is 0 Å². The minimum absolute atomic E-state index is 0.204. The summed E-state index contributed by atoms with van der Waals surface area (Å²) < 4.78 is 0.204.